The van der Waals surface area contributed by atoms with Crippen LogP contribution in [0.15, 0.2) is 65.5 Å². The molecule has 0 bridgehead atoms. The Balaban J connectivity index is 2.18. The number of rotatable bonds is 2. The number of carbonyl (C=O) groups excluding carboxylic acids is 1. The number of methoxy groups -OCH3 is 1. The summed E-state index contributed by atoms with van der Waals surface area (Å²) >= 11 is 0. The Labute approximate surface area is 167 Å². The first-order valence-corrected chi connectivity index (χ1v) is 9.34. The van der Waals surface area contributed by atoms with Crippen LogP contribution >= 0.6 is 0 Å². The van der Waals surface area contributed by atoms with Crippen LogP contribution in [0.2, 0.25) is 0 Å². The van der Waals surface area contributed by atoms with Crippen molar-refractivity contribution in [2.75, 3.05) is 7.11 Å². The number of hydrogen-bond acceptors (Lipinski definition) is 4. The minimum Gasteiger partial charge on any atom is -0.496 e. The van der Waals surface area contributed by atoms with Gasteiger partial charge in [0.05, 0.1) is 23.7 Å². The Hall–Kier alpha value is -3.54. The van der Waals surface area contributed by atoms with Gasteiger partial charge in [-0.1, -0.05) is 42.5 Å². The molecule has 0 amide bonds. The van der Waals surface area contributed by atoms with Crippen molar-refractivity contribution in [3.8, 4) is 11.4 Å². The highest BCUT2D eigenvalue weighted by Crippen LogP contribution is 2.33. The Morgan fingerprint density at radius 1 is 0.897 bits per heavy atom. The smallest absolute Gasteiger partial charge is 0.434 e. The zero-order valence-corrected chi connectivity index (χ0v) is 16.8. The third kappa shape index (κ3) is 3.16. The molecule has 0 fully saturated rings. The maximum absolute atomic E-state index is 13.4. The summed E-state index contributed by atoms with van der Waals surface area (Å²) < 4.78 is 13.8. The normalized spacial score (nSPS) is 11.7. The quantitative estimate of drug-likeness (QED) is 0.496. The van der Waals surface area contributed by atoms with Crippen molar-refractivity contribution < 1.29 is 14.3 Å². The third-order valence-corrected chi connectivity index (χ3v) is 4.60. The third-order valence-electron chi connectivity index (χ3n) is 4.60. The lowest BCUT2D eigenvalue weighted by molar-refractivity contribution is 0.0510. The van der Waals surface area contributed by atoms with E-state index in [-0.39, 0.29) is 5.56 Å². The van der Waals surface area contributed by atoms with Gasteiger partial charge in [-0.25, -0.2) is 9.48 Å². The zero-order chi connectivity index (χ0) is 20.8. The van der Waals surface area contributed by atoms with Crippen LogP contribution < -0.4 is 10.3 Å². The molecule has 0 saturated carbocycles. The summed E-state index contributed by atoms with van der Waals surface area (Å²) in [5.41, 5.74) is 0.0290. The molecule has 0 aliphatic carbocycles. The number of nitrogens with zero attached hydrogens (tertiary/aromatic N) is 2. The summed E-state index contributed by atoms with van der Waals surface area (Å²) in [6, 6.07) is 18.3. The lowest BCUT2D eigenvalue weighted by Gasteiger charge is -2.21. The van der Waals surface area contributed by atoms with E-state index in [1.54, 1.807) is 46.1 Å². The molecule has 29 heavy (non-hydrogen) atoms. The highest BCUT2D eigenvalue weighted by molar-refractivity contribution is 6.10. The molecule has 6 nitrogen and oxygen atoms in total. The molecule has 1 heterocycles. The van der Waals surface area contributed by atoms with Crippen LogP contribution in [-0.2, 0) is 4.74 Å². The summed E-state index contributed by atoms with van der Waals surface area (Å²) in [6.07, 6.45) is -0.622. The van der Waals surface area contributed by atoms with Crippen LogP contribution in [0.5, 0.6) is 5.75 Å². The second kappa shape index (κ2) is 6.81. The Kier molecular flexibility index (Phi) is 4.42. The molecule has 1 aromatic heterocycles. The van der Waals surface area contributed by atoms with E-state index in [0.717, 1.165) is 10.8 Å². The van der Waals surface area contributed by atoms with Crippen LogP contribution in [0, 0.1) is 0 Å². The molecule has 148 valence electrons. The van der Waals surface area contributed by atoms with Crippen LogP contribution in [0.3, 0.4) is 0 Å². The van der Waals surface area contributed by atoms with Gasteiger partial charge in [0.2, 0.25) is 0 Å². The minimum absolute atomic E-state index is 0.318. The number of hydrogen-bond donors (Lipinski definition) is 0. The van der Waals surface area contributed by atoms with Gasteiger partial charge in [-0.2, -0.15) is 4.68 Å². The number of fused-ring (bicyclic) bond motifs is 3. The van der Waals surface area contributed by atoms with Gasteiger partial charge in [-0.05, 0) is 39.0 Å². The van der Waals surface area contributed by atoms with Crippen LogP contribution in [0.4, 0.5) is 4.79 Å². The maximum atomic E-state index is 13.4. The predicted octanol–water partition coefficient (Wildman–Crippen LogP) is 4.74. The van der Waals surface area contributed by atoms with Crippen molar-refractivity contribution >= 4 is 27.8 Å². The number of para-hydroxylation sites is 1. The van der Waals surface area contributed by atoms with Gasteiger partial charge in [0.1, 0.15) is 11.4 Å². The molecule has 0 unspecified atom stereocenters. The first-order chi connectivity index (χ1) is 13.8. The van der Waals surface area contributed by atoms with Crippen LogP contribution in [0.1, 0.15) is 20.8 Å². The largest absolute Gasteiger partial charge is 0.496 e. The molecule has 0 radical (unpaired) electrons. The van der Waals surface area contributed by atoms with E-state index in [9.17, 15) is 9.59 Å². The summed E-state index contributed by atoms with van der Waals surface area (Å²) in [4.78, 5) is 26.6. The number of carbonyl (C=O) groups is 1. The molecular formula is C23H22N2O4. The fourth-order valence-corrected chi connectivity index (χ4v) is 3.47. The standard InChI is InChI=1S/C23H22N2O4/c1-23(2,3)29-22(27)25-20-17-13-9-8-12-16(17)19(28-4)14-18(20)21(26)24(25)15-10-6-5-7-11-15/h5-14H,1-4H3. The molecule has 0 aliphatic heterocycles. The summed E-state index contributed by atoms with van der Waals surface area (Å²) in [6.45, 7) is 5.38. The first-order valence-electron chi connectivity index (χ1n) is 9.34. The minimum atomic E-state index is -0.715. The molecule has 0 atom stereocenters. The topological polar surface area (TPSA) is 62.5 Å². The van der Waals surface area contributed by atoms with E-state index in [0.29, 0.717) is 22.3 Å². The Bertz CT molecular complexity index is 1280. The average molecular weight is 390 g/mol. The van der Waals surface area contributed by atoms with E-state index in [4.69, 9.17) is 9.47 Å². The highest BCUT2D eigenvalue weighted by Gasteiger charge is 2.27. The van der Waals surface area contributed by atoms with Gasteiger partial charge in [0.25, 0.3) is 5.56 Å². The molecule has 0 spiro atoms. The predicted molar refractivity (Wildman–Crippen MR) is 113 cm³/mol. The van der Waals surface area contributed by atoms with E-state index < -0.39 is 11.7 Å². The number of aromatic nitrogens is 2. The van der Waals surface area contributed by atoms with E-state index in [1.807, 2.05) is 42.5 Å². The average Bonchev–Trinajstić information content (AvgIpc) is 2.99. The Morgan fingerprint density at radius 2 is 1.52 bits per heavy atom. The fraction of sp³-hybridized carbons (Fsp3) is 0.217. The highest BCUT2D eigenvalue weighted by atomic mass is 16.6. The van der Waals surface area contributed by atoms with Gasteiger partial charge >= 0.3 is 6.09 Å². The molecule has 4 aromatic rings. The van der Waals surface area contributed by atoms with Gasteiger partial charge in [0, 0.05) is 10.8 Å². The lowest BCUT2D eigenvalue weighted by Crippen LogP contribution is -2.32. The number of benzene rings is 3. The molecule has 0 saturated heterocycles. The Morgan fingerprint density at radius 3 is 2.14 bits per heavy atom. The van der Waals surface area contributed by atoms with Crippen molar-refractivity contribution in [1.29, 1.82) is 0 Å². The molecule has 0 aliphatic rings. The molecular weight excluding hydrogens is 368 g/mol. The molecule has 6 heteroatoms. The van der Waals surface area contributed by atoms with Gasteiger partial charge in [-0.15, -0.1) is 0 Å². The van der Waals surface area contributed by atoms with Crippen molar-refractivity contribution in [2.45, 2.75) is 26.4 Å². The first kappa shape index (κ1) is 18.8. The van der Waals surface area contributed by atoms with Gasteiger partial charge in [0.15, 0.2) is 0 Å². The summed E-state index contributed by atoms with van der Waals surface area (Å²) in [5, 5.41) is 1.93. The van der Waals surface area contributed by atoms with Crippen LogP contribution in [0.25, 0.3) is 27.4 Å². The van der Waals surface area contributed by atoms with Crippen molar-refractivity contribution in [2.24, 2.45) is 0 Å². The maximum Gasteiger partial charge on any atom is 0.434 e. The monoisotopic (exact) mass is 390 g/mol. The van der Waals surface area contributed by atoms with Gasteiger partial charge < -0.3 is 9.47 Å². The van der Waals surface area contributed by atoms with E-state index >= 15 is 0 Å². The van der Waals surface area contributed by atoms with Crippen LogP contribution in [-0.4, -0.2) is 28.2 Å². The fourth-order valence-electron chi connectivity index (χ4n) is 3.47. The van der Waals surface area contributed by atoms with E-state index in [2.05, 4.69) is 0 Å². The summed E-state index contributed by atoms with van der Waals surface area (Å²) in [7, 11) is 1.56. The van der Waals surface area contributed by atoms with E-state index in [1.165, 1.54) is 9.36 Å². The molecule has 3 aromatic carbocycles. The molecule has 0 N–H and O–H groups in total. The second-order valence-corrected chi connectivity index (χ2v) is 7.77. The molecule has 4 rings (SSSR count). The van der Waals surface area contributed by atoms with Crippen molar-refractivity contribution in [3.63, 3.8) is 0 Å². The lowest BCUT2D eigenvalue weighted by atomic mass is 10.1. The zero-order valence-electron chi connectivity index (χ0n) is 16.8. The summed E-state index contributed by atoms with van der Waals surface area (Å²) in [5.74, 6) is 0.576. The second-order valence-electron chi connectivity index (χ2n) is 7.77. The van der Waals surface area contributed by atoms with Gasteiger partial charge in [-0.3, -0.25) is 4.79 Å². The van der Waals surface area contributed by atoms with Crippen molar-refractivity contribution in [1.82, 2.24) is 9.36 Å². The van der Waals surface area contributed by atoms with Crippen molar-refractivity contribution in [3.05, 3.63) is 71.0 Å². The SMILES string of the molecule is COc1cc2c(=O)n(-c3ccccc3)n(C(=O)OC(C)(C)C)c2c2ccccc12. The number of ether oxygens (including phenoxy) is 2.